The summed E-state index contributed by atoms with van der Waals surface area (Å²) in [7, 11) is -4.04. The van der Waals surface area contributed by atoms with Crippen LogP contribution in [0, 0.1) is 75.1 Å². The van der Waals surface area contributed by atoms with Gasteiger partial charge in [-0.1, -0.05) is 22.8 Å². The van der Waals surface area contributed by atoms with E-state index in [9.17, 15) is 62.7 Å². The summed E-state index contributed by atoms with van der Waals surface area (Å²) in [4.78, 5) is 61.3. The van der Waals surface area contributed by atoms with Crippen LogP contribution in [-0.4, -0.2) is 220 Å². The predicted molar refractivity (Wildman–Crippen MR) is 352 cm³/mol. The van der Waals surface area contributed by atoms with Crippen LogP contribution in [0.1, 0.15) is 5.56 Å². The Morgan fingerprint density at radius 3 is 1.03 bits per heavy atom. The first-order valence-corrected chi connectivity index (χ1v) is 34.6. The van der Waals surface area contributed by atoms with E-state index >= 15 is 0 Å². The Hall–Kier alpha value is -9.20. The molecule has 4 spiro atoms. The monoisotopic (exact) mass is 1480 g/mol. The van der Waals surface area contributed by atoms with Gasteiger partial charge in [-0.05, 0) is 24.6 Å². The van der Waals surface area contributed by atoms with Gasteiger partial charge in [-0.15, -0.1) is 0 Å². The van der Waals surface area contributed by atoms with Crippen molar-refractivity contribution in [3.05, 3.63) is 135 Å². The van der Waals surface area contributed by atoms with Crippen LogP contribution in [0.3, 0.4) is 0 Å². The molecular formula is C67H70F8N12O16S. The van der Waals surface area contributed by atoms with E-state index in [1.807, 2.05) is 6.92 Å². The molecule has 0 bridgehead atoms. The van der Waals surface area contributed by atoms with Crippen molar-refractivity contribution in [3.63, 3.8) is 0 Å². The van der Waals surface area contributed by atoms with E-state index in [1.54, 1.807) is 31.7 Å². The molecule has 4 atom stereocenters. The number of azide groups is 1. The number of anilines is 8. The SMILES string of the molecule is Cc1ccc(S(=O)(=O)OC[C@H]2CN(c3cc(F)c(N4CC5(COC5)C4)c(F)c3)C(=O)O2)cc1.NC[C@H]1CN(c2cc(F)c(N3CC4(COC4)C3)c(F)c2)C(=O)O1.O=C1O[C@@H](CO)CN1c1cc(F)c(N2CC3(COC3)C2)c(F)c1.[N-]=[N+]=NC[C@H]1CN(c2cc(F)c(N3CC4(COC4)C3)c(F)c2)C(=O)O1. The summed E-state index contributed by atoms with van der Waals surface area (Å²) >= 11 is 0. The molecule has 12 heterocycles. The molecule has 0 aliphatic carbocycles. The van der Waals surface area contributed by atoms with E-state index < -0.39 is 112 Å². The van der Waals surface area contributed by atoms with Gasteiger partial charge in [0.2, 0.25) is 0 Å². The Balaban J connectivity index is 0.000000118. The highest BCUT2D eigenvalue weighted by Gasteiger charge is 2.54. The number of aliphatic hydroxyl groups excluding tert-OH is 1. The minimum atomic E-state index is -4.04. The number of benzene rings is 5. The van der Waals surface area contributed by atoms with Crippen molar-refractivity contribution in [1.29, 1.82) is 0 Å². The molecule has 4 amide bonds. The number of carbonyl (C=O) groups is 4. The van der Waals surface area contributed by atoms with Crippen LogP contribution in [0.4, 0.5) is 99.8 Å². The zero-order valence-corrected chi connectivity index (χ0v) is 56.5. The molecule has 556 valence electrons. The average Bonchev–Trinajstić information content (AvgIpc) is 0.913. The van der Waals surface area contributed by atoms with Crippen LogP contribution in [0.2, 0.25) is 0 Å². The summed E-state index contributed by atoms with van der Waals surface area (Å²) in [5.41, 5.74) is 14.8. The number of amides is 4. The van der Waals surface area contributed by atoms with E-state index in [-0.39, 0.29) is 118 Å². The third kappa shape index (κ3) is 13.9. The van der Waals surface area contributed by atoms with E-state index in [1.165, 1.54) is 29.2 Å². The Bertz CT molecular complexity index is 4150. The van der Waals surface area contributed by atoms with Gasteiger partial charge in [0.05, 0.1) is 141 Å². The first-order valence-electron chi connectivity index (χ1n) is 33.2. The summed E-state index contributed by atoms with van der Waals surface area (Å²) < 4.78 is 186. The molecule has 5 aromatic carbocycles. The summed E-state index contributed by atoms with van der Waals surface area (Å²) in [6, 6.07) is 15.1. The third-order valence-corrected chi connectivity index (χ3v) is 21.3. The number of carbonyl (C=O) groups excluding carboxylic acids is 4. The zero-order chi connectivity index (χ0) is 73.4. The average molecular weight is 1480 g/mol. The quantitative estimate of drug-likeness (QED) is 0.0241. The smallest absolute Gasteiger partial charge is 0.414 e. The second-order valence-electron chi connectivity index (χ2n) is 28.3. The summed E-state index contributed by atoms with van der Waals surface area (Å²) in [6.45, 7) is 10.9. The number of hydrogen-bond acceptors (Lipinski definition) is 22. The van der Waals surface area contributed by atoms with Gasteiger partial charge in [0.15, 0.2) is 46.5 Å². The van der Waals surface area contributed by atoms with Gasteiger partial charge in [0, 0.05) is 112 Å². The Kier molecular flexibility index (Phi) is 19.3. The molecule has 12 aliphatic heterocycles. The molecule has 37 heteroatoms. The molecule has 12 fully saturated rings. The minimum Gasteiger partial charge on any atom is -0.444 e. The number of halogens is 8. The number of hydrogen-bond donors (Lipinski definition) is 2. The number of nitrogens with zero attached hydrogens (tertiary/aromatic N) is 11. The second-order valence-corrected chi connectivity index (χ2v) is 29.9. The van der Waals surface area contributed by atoms with Gasteiger partial charge >= 0.3 is 24.4 Å². The highest BCUT2D eigenvalue weighted by atomic mass is 32.2. The summed E-state index contributed by atoms with van der Waals surface area (Å²) in [5.74, 6) is -5.80. The van der Waals surface area contributed by atoms with Crippen molar-refractivity contribution in [1.82, 2.24) is 0 Å². The summed E-state index contributed by atoms with van der Waals surface area (Å²) in [5, 5.41) is 12.4. The van der Waals surface area contributed by atoms with Crippen LogP contribution in [0.25, 0.3) is 10.4 Å². The first-order chi connectivity index (χ1) is 49.7. The van der Waals surface area contributed by atoms with Crippen LogP contribution in [0.5, 0.6) is 0 Å². The number of nitrogens with two attached hydrogens (primary N) is 1. The highest BCUT2D eigenvalue weighted by molar-refractivity contribution is 7.86. The van der Waals surface area contributed by atoms with Crippen LogP contribution < -0.4 is 44.9 Å². The minimum absolute atomic E-state index is 0.00939. The molecule has 0 radical (unpaired) electrons. The van der Waals surface area contributed by atoms with Crippen LogP contribution in [-0.2, 0) is 52.2 Å². The number of ether oxygens (including phenoxy) is 8. The molecule has 12 aliphatic rings. The normalized spacial score (nSPS) is 23.8. The maximum absolute atomic E-state index is 14.8. The maximum Gasteiger partial charge on any atom is 0.414 e. The van der Waals surface area contributed by atoms with Gasteiger partial charge in [0.1, 0.15) is 53.8 Å². The number of cyclic esters (lactones) is 4. The van der Waals surface area contributed by atoms with Gasteiger partial charge in [-0.25, -0.2) is 54.3 Å². The number of aliphatic hydroxyl groups is 1. The predicted octanol–water partition coefficient (Wildman–Crippen LogP) is 7.48. The van der Waals surface area contributed by atoms with Gasteiger partial charge in [0.25, 0.3) is 10.1 Å². The largest absolute Gasteiger partial charge is 0.444 e. The van der Waals surface area contributed by atoms with Crippen LogP contribution >= 0.6 is 0 Å². The van der Waals surface area contributed by atoms with E-state index in [0.717, 1.165) is 56.7 Å². The Labute approximate surface area is 588 Å². The topological polar surface area (TPSA) is 306 Å². The number of aryl methyl sites for hydroxylation is 1. The standard InChI is InChI=1S/C22H22F2N2O6S.C15H15F2N5O3.C15H17F2N3O3.C15H16F2N2O4/c1-14-2-4-17(5-3-14)33(28,29)31-9-16-8-26(21(27)32-16)15-6-18(23)20(19(24)7-15)25-10-22(11-25)12-30-13-22;16-11-1-9(22-4-10(3-19-20-18)25-14(22)23)2-12(17)13(11)21-5-15(6-21)7-24-8-15;16-11-1-9(20-4-10(3-18)23-14(20)21)2-12(17)13(11)19-5-15(6-19)7-22-8-15;16-11-1-9(19-3-10(4-20)23-14(19)21)2-12(17)13(11)18-5-15(6-18)7-22-8-15/h2-7,16H,8-13H2,1H3;1-2,10H,3-8H2;1-2,10H,3-8,18H2;1-2,10,20H,3-8H2/t16-;3*10-/m1001/s1. The van der Waals surface area contributed by atoms with E-state index in [4.69, 9.17) is 58.4 Å². The molecular weight excluding hydrogens is 1410 g/mol. The molecule has 5 aromatic rings. The van der Waals surface area contributed by atoms with Gasteiger partial charge in [-0.2, -0.15) is 8.42 Å². The fourth-order valence-electron chi connectivity index (χ4n) is 14.4. The fourth-order valence-corrected chi connectivity index (χ4v) is 15.4. The van der Waals surface area contributed by atoms with E-state index in [0.29, 0.717) is 105 Å². The summed E-state index contributed by atoms with van der Waals surface area (Å²) in [6.07, 6.45) is -5.60. The number of rotatable bonds is 16. The lowest BCUT2D eigenvalue weighted by Gasteiger charge is -2.56. The fraction of sp³-hybridized carbons (Fsp3) is 0.493. The van der Waals surface area contributed by atoms with Gasteiger partial charge in [-0.3, -0.25) is 23.8 Å². The molecule has 104 heavy (non-hydrogen) atoms. The van der Waals surface area contributed by atoms with E-state index in [2.05, 4.69) is 10.0 Å². The Morgan fingerprint density at radius 1 is 0.481 bits per heavy atom. The highest BCUT2D eigenvalue weighted by Crippen LogP contribution is 2.47. The van der Waals surface area contributed by atoms with Gasteiger partial charge < -0.3 is 68.3 Å². The van der Waals surface area contributed by atoms with Crippen molar-refractivity contribution >= 4 is 80.0 Å². The van der Waals surface area contributed by atoms with Crippen LogP contribution in [0.15, 0.2) is 82.8 Å². The molecule has 17 rings (SSSR count). The zero-order valence-electron chi connectivity index (χ0n) is 55.7. The van der Waals surface area contributed by atoms with Crippen molar-refractivity contribution in [2.45, 2.75) is 36.2 Å². The van der Waals surface area contributed by atoms with Crippen molar-refractivity contribution in [3.8, 4) is 0 Å². The molecule has 28 nitrogen and oxygen atoms in total. The molecule has 12 saturated heterocycles. The van der Waals surface area contributed by atoms with Crippen molar-refractivity contribution in [2.24, 2.45) is 32.5 Å². The molecule has 0 unspecified atom stereocenters. The van der Waals surface area contributed by atoms with Crippen molar-refractivity contribution < 1.29 is 110 Å². The Morgan fingerprint density at radius 2 is 0.760 bits per heavy atom. The molecule has 3 N–H and O–H groups in total. The molecule has 0 saturated carbocycles. The lowest BCUT2D eigenvalue weighted by molar-refractivity contribution is -0.127. The second kappa shape index (κ2) is 28.0. The molecule has 0 aromatic heterocycles. The van der Waals surface area contributed by atoms with Crippen molar-refractivity contribution in [2.75, 3.05) is 197 Å². The third-order valence-electron chi connectivity index (χ3n) is 20.0. The first kappa shape index (κ1) is 71.8. The lowest BCUT2D eigenvalue weighted by atomic mass is 9.77. The maximum atomic E-state index is 14.8. The lowest BCUT2D eigenvalue weighted by Crippen LogP contribution is -2.66.